The summed E-state index contributed by atoms with van der Waals surface area (Å²) in [6, 6.07) is 19.9. The van der Waals surface area contributed by atoms with Gasteiger partial charge >= 0.3 is 6.09 Å². The molecule has 2 heterocycles. The van der Waals surface area contributed by atoms with Gasteiger partial charge in [0.2, 0.25) is 0 Å². The van der Waals surface area contributed by atoms with Crippen molar-refractivity contribution < 1.29 is 33.6 Å². The van der Waals surface area contributed by atoms with Gasteiger partial charge in [0, 0.05) is 18.7 Å². The third-order valence-electron chi connectivity index (χ3n) is 7.60. The van der Waals surface area contributed by atoms with Crippen LogP contribution in [0, 0.1) is 0 Å². The normalized spacial score (nSPS) is 28.9. The van der Waals surface area contributed by atoms with E-state index in [0.717, 1.165) is 5.56 Å². The van der Waals surface area contributed by atoms with Crippen molar-refractivity contribution in [2.24, 2.45) is 5.73 Å². The van der Waals surface area contributed by atoms with Gasteiger partial charge in [0.05, 0.1) is 31.7 Å². The van der Waals surface area contributed by atoms with Gasteiger partial charge in [-0.3, -0.25) is 0 Å². The molecule has 9 heteroatoms. The lowest BCUT2D eigenvalue weighted by Gasteiger charge is -2.41. The number of methoxy groups -OCH3 is 2. The van der Waals surface area contributed by atoms with Crippen molar-refractivity contribution in [2.75, 3.05) is 27.4 Å². The van der Waals surface area contributed by atoms with Gasteiger partial charge in [-0.1, -0.05) is 42.5 Å². The van der Waals surface area contributed by atoms with Crippen LogP contribution in [0.4, 0.5) is 4.79 Å². The second-order valence-corrected chi connectivity index (χ2v) is 9.35. The Bertz CT molecular complexity index is 1330. The molecule has 6 rings (SSSR count). The molecule has 37 heavy (non-hydrogen) atoms. The maximum atomic E-state index is 12.9. The quantitative estimate of drug-likeness (QED) is 0.449. The zero-order chi connectivity index (χ0) is 25.8. The minimum absolute atomic E-state index is 0.300. The number of aliphatic hydroxyl groups is 1. The zero-order valence-electron chi connectivity index (χ0n) is 20.5. The van der Waals surface area contributed by atoms with E-state index in [2.05, 4.69) is 5.32 Å². The first-order valence-corrected chi connectivity index (χ1v) is 12.1. The van der Waals surface area contributed by atoms with Crippen molar-refractivity contribution in [1.82, 2.24) is 5.32 Å². The maximum absolute atomic E-state index is 12.9. The number of nitrogens with one attached hydrogen (secondary N) is 1. The van der Waals surface area contributed by atoms with Crippen molar-refractivity contribution in [3.63, 3.8) is 0 Å². The molecule has 5 atom stereocenters. The van der Waals surface area contributed by atoms with Crippen LogP contribution in [0.1, 0.15) is 22.6 Å². The summed E-state index contributed by atoms with van der Waals surface area (Å²) >= 11 is 0. The van der Waals surface area contributed by atoms with E-state index in [1.165, 1.54) is 7.11 Å². The van der Waals surface area contributed by atoms with Gasteiger partial charge in [-0.05, 0) is 23.3 Å². The van der Waals surface area contributed by atoms with Gasteiger partial charge in [0.1, 0.15) is 29.6 Å². The molecule has 3 aliphatic rings. The second kappa shape index (κ2) is 8.57. The highest BCUT2D eigenvalue weighted by Gasteiger charge is 2.80. The van der Waals surface area contributed by atoms with Gasteiger partial charge in [-0.2, -0.15) is 0 Å². The first-order valence-electron chi connectivity index (χ1n) is 12.1. The van der Waals surface area contributed by atoms with Gasteiger partial charge in [-0.15, -0.1) is 0 Å². The highest BCUT2D eigenvalue weighted by Crippen LogP contribution is 2.69. The molecule has 192 valence electrons. The van der Waals surface area contributed by atoms with Crippen LogP contribution in [0.3, 0.4) is 0 Å². The van der Waals surface area contributed by atoms with Crippen LogP contribution in [0.5, 0.6) is 23.0 Å². The summed E-state index contributed by atoms with van der Waals surface area (Å²) in [5.74, 6) is 1.37. The third kappa shape index (κ3) is 3.14. The average Bonchev–Trinajstić information content (AvgIpc) is 3.49. The second-order valence-electron chi connectivity index (χ2n) is 9.35. The predicted octanol–water partition coefficient (Wildman–Crippen LogP) is 2.79. The van der Waals surface area contributed by atoms with E-state index in [-0.39, 0.29) is 0 Å². The van der Waals surface area contributed by atoms with Crippen molar-refractivity contribution in [1.29, 1.82) is 0 Å². The minimum Gasteiger partial charge on any atom is -0.497 e. The van der Waals surface area contributed by atoms with Crippen molar-refractivity contribution in [3.8, 4) is 23.0 Å². The molecule has 0 spiro atoms. The van der Waals surface area contributed by atoms with Crippen LogP contribution in [-0.4, -0.2) is 50.7 Å². The van der Waals surface area contributed by atoms with Crippen LogP contribution in [-0.2, 0) is 15.9 Å². The Balaban J connectivity index is 1.64. The molecule has 2 fully saturated rings. The summed E-state index contributed by atoms with van der Waals surface area (Å²) in [4.78, 5) is 12.6. The first kappa shape index (κ1) is 23.4. The topological polar surface area (TPSA) is 122 Å². The average molecular weight is 505 g/mol. The standard InChI is InChI=1S/C28H28N2O7/c1-33-18-10-8-17(9-11-18)28-22(16-6-4-3-5-7-16)24-25(36-26(31)30-24)27(28,32)23-20(34-2)14-19(35-13-12-29)15-21(23)37-28/h3-11,14-15,22,24-25,32H,12-13,29H2,1-2H3,(H,30,31)/t22-,24-,25-,27+,28+/m1/s1. The number of amides is 1. The number of fused-ring (bicyclic) bond motifs is 5. The van der Waals surface area contributed by atoms with E-state index in [1.807, 2.05) is 54.6 Å². The number of hydrogen-bond donors (Lipinski definition) is 3. The zero-order valence-corrected chi connectivity index (χ0v) is 20.5. The van der Waals surface area contributed by atoms with Gasteiger partial charge in [-0.25, -0.2) is 4.79 Å². The lowest BCUT2D eigenvalue weighted by atomic mass is 9.71. The summed E-state index contributed by atoms with van der Waals surface area (Å²) in [5.41, 5.74) is 4.42. The van der Waals surface area contributed by atoms with Gasteiger partial charge in [0.25, 0.3) is 0 Å². The molecule has 0 aromatic heterocycles. The molecule has 0 radical (unpaired) electrons. The lowest BCUT2D eigenvalue weighted by molar-refractivity contribution is -0.147. The molecule has 3 aromatic carbocycles. The molecule has 0 bridgehead atoms. The molecule has 3 aromatic rings. The highest BCUT2D eigenvalue weighted by atomic mass is 16.6. The molecular weight excluding hydrogens is 476 g/mol. The molecule has 1 saturated heterocycles. The number of nitrogens with two attached hydrogens (primary N) is 1. The summed E-state index contributed by atoms with van der Waals surface area (Å²) in [6.45, 7) is 0.635. The molecule has 2 aliphatic heterocycles. The first-order chi connectivity index (χ1) is 18.0. The largest absolute Gasteiger partial charge is 0.497 e. The fourth-order valence-corrected chi connectivity index (χ4v) is 6.22. The Morgan fingerprint density at radius 1 is 1.03 bits per heavy atom. The molecule has 1 aliphatic carbocycles. The monoisotopic (exact) mass is 504 g/mol. The number of ether oxygens (including phenoxy) is 5. The number of hydrogen-bond acceptors (Lipinski definition) is 8. The number of alkyl carbamates (subject to hydrolysis) is 1. The molecule has 0 unspecified atom stereocenters. The Hall–Kier alpha value is -3.95. The SMILES string of the molecule is COc1ccc([C@@]23Oc4cc(OCCN)cc(OC)c4[C@]2(O)[C@@H]2OC(=O)N[C@@H]2[C@H]3c2ccccc2)cc1. The summed E-state index contributed by atoms with van der Waals surface area (Å²) in [5, 5.41) is 15.8. The number of benzene rings is 3. The van der Waals surface area contributed by atoms with E-state index in [9.17, 15) is 9.90 Å². The van der Waals surface area contributed by atoms with Crippen LogP contribution in [0.2, 0.25) is 0 Å². The Kier molecular flexibility index (Phi) is 5.43. The van der Waals surface area contributed by atoms with Gasteiger partial charge < -0.3 is 39.8 Å². The van der Waals surface area contributed by atoms with E-state index in [4.69, 9.17) is 29.4 Å². The highest BCUT2D eigenvalue weighted by molar-refractivity contribution is 5.74. The summed E-state index contributed by atoms with van der Waals surface area (Å²) in [6.07, 6.45) is -1.55. The fourth-order valence-electron chi connectivity index (χ4n) is 6.22. The van der Waals surface area contributed by atoms with Gasteiger partial charge in [0.15, 0.2) is 17.3 Å². The van der Waals surface area contributed by atoms with Crippen molar-refractivity contribution in [2.45, 2.75) is 29.3 Å². The Morgan fingerprint density at radius 3 is 2.46 bits per heavy atom. The van der Waals surface area contributed by atoms with Crippen molar-refractivity contribution in [3.05, 3.63) is 83.4 Å². The fraction of sp³-hybridized carbons (Fsp3) is 0.321. The van der Waals surface area contributed by atoms with Crippen LogP contribution >= 0.6 is 0 Å². The minimum atomic E-state index is -1.81. The van der Waals surface area contributed by atoms with E-state index < -0.39 is 35.4 Å². The molecule has 1 saturated carbocycles. The molecule has 9 nitrogen and oxygen atoms in total. The van der Waals surface area contributed by atoms with E-state index in [1.54, 1.807) is 19.2 Å². The van der Waals surface area contributed by atoms with E-state index >= 15 is 0 Å². The van der Waals surface area contributed by atoms with Crippen LogP contribution in [0.25, 0.3) is 0 Å². The maximum Gasteiger partial charge on any atom is 0.407 e. The number of carbonyl (C=O) groups is 1. The predicted molar refractivity (Wildman–Crippen MR) is 133 cm³/mol. The number of rotatable bonds is 7. The van der Waals surface area contributed by atoms with E-state index in [0.29, 0.717) is 47.3 Å². The lowest BCUT2D eigenvalue weighted by Crippen LogP contribution is -2.52. The third-order valence-corrected chi connectivity index (χ3v) is 7.60. The van der Waals surface area contributed by atoms with Crippen molar-refractivity contribution >= 4 is 6.09 Å². The smallest absolute Gasteiger partial charge is 0.407 e. The molecule has 1 amide bonds. The van der Waals surface area contributed by atoms with Crippen LogP contribution < -0.4 is 30.0 Å². The van der Waals surface area contributed by atoms with Crippen LogP contribution in [0.15, 0.2) is 66.7 Å². The summed E-state index contributed by atoms with van der Waals surface area (Å²) < 4.78 is 29.6. The molecular formula is C28H28N2O7. The summed E-state index contributed by atoms with van der Waals surface area (Å²) in [7, 11) is 3.11. The molecule has 4 N–H and O–H groups in total. The Morgan fingerprint density at radius 2 is 1.78 bits per heavy atom. The number of carbonyl (C=O) groups excluding carboxylic acids is 1. The Labute approximate surface area is 214 Å².